The van der Waals surface area contributed by atoms with Crippen molar-refractivity contribution in [2.24, 2.45) is 0 Å². The van der Waals surface area contributed by atoms with Gasteiger partial charge in [0.2, 0.25) is 0 Å². The first-order chi connectivity index (χ1) is 7.83. The van der Waals surface area contributed by atoms with Crippen LogP contribution in [0, 0.1) is 7.43 Å². The molecule has 0 N–H and O–H groups in total. The molecule has 3 nitrogen and oxygen atoms in total. The van der Waals surface area contributed by atoms with E-state index >= 15 is 0 Å². The first-order valence-electron chi connectivity index (χ1n) is 5.57. The summed E-state index contributed by atoms with van der Waals surface area (Å²) >= 11 is 0. The van der Waals surface area contributed by atoms with Gasteiger partial charge in [0.25, 0.3) is 0 Å². The van der Waals surface area contributed by atoms with E-state index in [1.54, 1.807) is 12.1 Å². The summed E-state index contributed by atoms with van der Waals surface area (Å²) < 4.78 is 9.49. The van der Waals surface area contributed by atoms with Crippen LogP contribution in [0.15, 0.2) is 30.3 Å². The molecular formula is C14H25O3Y-. The molecule has 103 valence electrons. The molecule has 0 saturated carbocycles. The average molecular weight is 330 g/mol. The molecule has 1 aromatic carbocycles. The van der Waals surface area contributed by atoms with E-state index in [9.17, 15) is 4.79 Å². The third kappa shape index (κ3) is 15.6. The van der Waals surface area contributed by atoms with Crippen molar-refractivity contribution in [1.82, 2.24) is 0 Å². The van der Waals surface area contributed by atoms with Crippen LogP contribution in [-0.2, 0) is 42.2 Å². The summed E-state index contributed by atoms with van der Waals surface area (Å²) in [6.07, 6.45) is 0. The van der Waals surface area contributed by atoms with E-state index in [0.29, 0.717) is 5.75 Å². The number of hydrogen-bond donors (Lipinski definition) is 0. The molecule has 0 aliphatic rings. The number of rotatable bonds is 3. The number of carbonyl (C=O) groups is 1. The zero-order valence-electron chi connectivity index (χ0n) is 12.4. The summed E-state index contributed by atoms with van der Waals surface area (Å²) in [4.78, 5) is 10.6. The molecule has 0 heterocycles. The Kier molecular flexibility index (Phi) is 31.8. The zero-order chi connectivity index (χ0) is 12.8. The average Bonchev–Trinajstić information content (AvgIpc) is 2.41. The molecule has 0 spiro atoms. The summed E-state index contributed by atoms with van der Waals surface area (Å²) in [6, 6.07) is 9.12. The van der Waals surface area contributed by atoms with E-state index < -0.39 is 0 Å². The monoisotopic (exact) mass is 330 g/mol. The summed E-state index contributed by atoms with van der Waals surface area (Å²) in [5.41, 5.74) is 0. The summed E-state index contributed by atoms with van der Waals surface area (Å²) in [7, 11) is 1.33. The van der Waals surface area contributed by atoms with Gasteiger partial charge in [-0.15, -0.1) is 0 Å². The number of carbonyl (C=O) groups excluding carboxylic acids is 1. The van der Waals surface area contributed by atoms with Crippen molar-refractivity contribution in [2.75, 3.05) is 13.7 Å². The van der Waals surface area contributed by atoms with Gasteiger partial charge in [-0.05, 0) is 12.1 Å². The summed E-state index contributed by atoms with van der Waals surface area (Å²) in [6.45, 7) is 7.96. The van der Waals surface area contributed by atoms with Gasteiger partial charge in [-0.2, -0.15) is 0 Å². The second-order valence-corrected chi connectivity index (χ2v) is 2.18. The molecule has 0 aliphatic carbocycles. The van der Waals surface area contributed by atoms with Gasteiger partial charge < -0.3 is 16.9 Å². The topological polar surface area (TPSA) is 35.5 Å². The molecule has 0 unspecified atom stereocenters. The first kappa shape index (κ1) is 26.2. The molecule has 0 atom stereocenters. The predicted molar refractivity (Wildman–Crippen MR) is 73.1 cm³/mol. The minimum absolute atomic E-state index is 0. The third-order valence-corrected chi connectivity index (χ3v) is 1.33. The van der Waals surface area contributed by atoms with Gasteiger partial charge in [0.1, 0.15) is 5.75 Å². The standard InChI is InChI=1S/C9H10O3.2C2H6.CH3.Y/c1-11-9(10)7-12-8-5-3-2-4-6-8;2*1-2;;/h2-6H,7H2,1H3;2*1-2H3;1H3;/q;;;-1;. The molecular weight excluding hydrogens is 305 g/mol. The molecule has 0 aromatic heterocycles. The number of hydrogen-bond acceptors (Lipinski definition) is 3. The van der Waals surface area contributed by atoms with E-state index in [2.05, 4.69) is 4.74 Å². The van der Waals surface area contributed by atoms with Crippen molar-refractivity contribution in [1.29, 1.82) is 0 Å². The fraction of sp³-hybridized carbons (Fsp3) is 0.429. The van der Waals surface area contributed by atoms with E-state index in [0.717, 1.165) is 0 Å². The Hall–Kier alpha value is -0.406. The van der Waals surface area contributed by atoms with E-state index in [1.807, 2.05) is 45.9 Å². The van der Waals surface area contributed by atoms with Crippen LogP contribution in [0.2, 0.25) is 0 Å². The van der Waals surface area contributed by atoms with Gasteiger partial charge in [0, 0.05) is 32.7 Å². The zero-order valence-corrected chi connectivity index (χ0v) is 15.2. The molecule has 0 fully saturated rings. The molecule has 1 radical (unpaired) electrons. The van der Waals surface area contributed by atoms with Crippen LogP contribution in [0.4, 0.5) is 0 Å². The smallest absolute Gasteiger partial charge is 0.343 e. The Morgan fingerprint density at radius 1 is 1.06 bits per heavy atom. The van der Waals surface area contributed by atoms with Crippen LogP contribution in [0.1, 0.15) is 27.7 Å². The van der Waals surface area contributed by atoms with Crippen molar-refractivity contribution < 1.29 is 47.0 Å². The van der Waals surface area contributed by atoms with Gasteiger partial charge in [0.05, 0.1) is 7.11 Å². The van der Waals surface area contributed by atoms with E-state index in [4.69, 9.17) is 4.74 Å². The van der Waals surface area contributed by atoms with E-state index in [-0.39, 0.29) is 52.7 Å². The van der Waals surface area contributed by atoms with Gasteiger partial charge in [-0.1, -0.05) is 45.9 Å². The third-order valence-electron chi connectivity index (χ3n) is 1.33. The Balaban J connectivity index is -0.000000149. The summed E-state index contributed by atoms with van der Waals surface area (Å²) in [5, 5.41) is 0. The van der Waals surface area contributed by atoms with Crippen LogP contribution < -0.4 is 4.74 Å². The number of para-hydroxylation sites is 1. The van der Waals surface area contributed by atoms with Gasteiger partial charge in [-0.3, -0.25) is 0 Å². The number of esters is 1. The fourth-order valence-electron chi connectivity index (χ4n) is 0.718. The maximum absolute atomic E-state index is 10.6. The maximum Gasteiger partial charge on any atom is 0.343 e. The summed E-state index contributed by atoms with van der Waals surface area (Å²) in [5.74, 6) is 0.293. The molecule has 18 heavy (non-hydrogen) atoms. The van der Waals surface area contributed by atoms with Gasteiger partial charge in [-0.25, -0.2) is 4.79 Å². The van der Waals surface area contributed by atoms with Crippen LogP contribution in [0.5, 0.6) is 5.75 Å². The van der Waals surface area contributed by atoms with E-state index in [1.165, 1.54) is 7.11 Å². The van der Waals surface area contributed by atoms with Crippen molar-refractivity contribution in [3.8, 4) is 5.75 Å². The predicted octanol–water partition coefficient (Wildman–Crippen LogP) is 3.74. The Bertz CT molecular complexity index is 250. The molecule has 1 aromatic rings. The second kappa shape index (κ2) is 21.8. The van der Waals surface area contributed by atoms with Crippen LogP contribution >= 0.6 is 0 Å². The Labute approximate surface area is 137 Å². The minimum Gasteiger partial charge on any atom is -0.482 e. The van der Waals surface area contributed by atoms with Crippen molar-refractivity contribution in [3.05, 3.63) is 37.8 Å². The number of methoxy groups -OCH3 is 1. The maximum atomic E-state index is 10.6. The van der Waals surface area contributed by atoms with Crippen molar-refractivity contribution in [3.63, 3.8) is 0 Å². The second-order valence-electron chi connectivity index (χ2n) is 2.18. The molecule has 4 heteroatoms. The fourth-order valence-corrected chi connectivity index (χ4v) is 0.718. The van der Waals surface area contributed by atoms with Crippen molar-refractivity contribution >= 4 is 5.97 Å². The van der Waals surface area contributed by atoms with Crippen LogP contribution in [-0.4, -0.2) is 19.7 Å². The SMILES string of the molecule is CC.CC.COC(=O)COc1ccccc1.[CH3-].[Y]. The van der Waals surface area contributed by atoms with Gasteiger partial charge in [0.15, 0.2) is 6.61 Å². The first-order valence-corrected chi connectivity index (χ1v) is 5.57. The Morgan fingerprint density at radius 3 is 1.89 bits per heavy atom. The van der Waals surface area contributed by atoms with Crippen molar-refractivity contribution in [2.45, 2.75) is 27.7 Å². The van der Waals surface area contributed by atoms with Crippen LogP contribution in [0.3, 0.4) is 0 Å². The quantitative estimate of drug-likeness (QED) is 0.626. The molecule has 0 saturated heterocycles. The molecule has 0 amide bonds. The Morgan fingerprint density at radius 2 is 1.50 bits per heavy atom. The minimum atomic E-state index is -0.376. The molecule has 0 bridgehead atoms. The number of ether oxygens (including phenoxy) is 2. The molecule has 0 aliphatic heterocycles. The molecule has 1 rings (SSSR count). The normalized spacial score (nSPS) is 6.72. The number of benzene rings is 1. The largest absolute Gasteiger partial charge is 0.482 e. The van der Waals surface area contributed by atoms with Gasteiger partial charge >= 0.3 is 5.97 Å². The van der Waals surface area contributed by atoms with Crippen LogP contribution in [0.25, 0.3) is 0 Å².